The molecule has 0 N–H and O–H groups in total. The van der Waals surface area contributed by atoms with Gasteiger partial charge in [-0.15, -0.1) is 11.3 Å². The van der Waals surface area contributed by atoms with Gasteiger partial charge >= 0.3 is 0 Å². The Labute approximate surface area is 290 Å². The van der Waals surface area contributed by atoms with E-state index in [0.29, 0.717) is 0 Å². The summed E-state index contributed by atoms with van der Waals surface area (Å²) < 4.78 is 2.66. The molecule has 0 bridgehead atoms. The van der Waals surface area contributed by atoms with Crippen molar-refractivity contribution in [3.05, 3.63) is 175 Å². The zero-order valence-corrected chi connectivity index (χ0v) is 28.3. The second kappa shape index (κ2) is 10.7. The maximum atomic E-state index is 2.52. The number of rotatable bonds is 4. The molecular formula is C47H33NS. The lowest BCUT2D eigenvalue weighted by Crippen LogP contribution is -2.15. The Kier molecular flexibility index (Phi) is 6.16. The molecule has 0 atom stereocenters. The van der Waals surface area contributed by atoms with Crippen LogP contribution in [0.4, 0.5) is 17.1 Å². The van der Waals surface area contributed by atoms with Gasteiger partial charge in [-0.2, -0.15) is 0 Å². The van der Waals surface area contributed by atoms with Crippen molar-refractivity contribution in [1.82, 2.24) is 0 Å². The quantitative estimate of drug-likeness (QED) is 0.184. The van der Waals surface area contributed by atoms with Crippen molar-refractivity contribution in [3.8, 4) is 22.3 Å². The van der Waals surface area contributed by atoms with E-state index in [-0.39, 0.29) is 5.41 Å². The third kappa shape index (κ3) is 4.24. The van der Waals surface area contributed by atoms with E-state index in [2.05, 4.69) is 183 Å². The SMILES string of the molecule is CC1(C)c2ccccc2-c2cc(N(c3ccccc3-c3ccc4ccccc4c3)c3cc4c5ccccc5sc4c4ccccc34)ccc21. The highest BCUT2D eigenvalue weighted by Crippen LogP contribution is 2.53. The van der Waals surface area contributed by atoms with Crippen LogP contribution in [0.25, 0.3) is 64.0 Å². The summed E-state index contributed by atoms with van der Waals surface area (Å²) >= 11 is 1.89. The van der Waals surface area contributed by atoms with Crippen LogP contribution < -0.4 is 4.90 Å². The molecular weight excluding hydrogens is 611 g/mol. The van der Waals surface area contributed by atoms with Gasteiger partial charge in [-0.1, -0.05) is 141 Å². The molecule has 2 heteroatoms. The number of hydrogen-bond donors (Lipinski definition) is 0. The molecule has 49 heavy (non-hydrogen) atoms. The van der Waals surface area contributed by atoms with Crippen molar-refractivity contribution >= 4 is 70.1 Å². The first-order chi connectivity index (χ1) is 24.1. The predicted octanol–water partition coefficient (Wildman–Crippen LogP) is 13.8. The molecule has 1 nitrogen and oxygen atoms in total. The van der Waals surface area contributed by atoms with Crippen molar-refractivity contribution in [1.29, 1.82) is 0 Å². The van der Waals surface area contributed by atoms with Crippen LogP contribution in [0.1, 0.15) is 25.0 Å². The summed E-state index contributed by atoms with van der Waals surface area (Å²) in [5.41, 5.74) is 11.3. The zero-order valence-electron chi connectivity index (χ0n) is 27.4. The minimum atomic E-state index is -0.0561. The van der Waals surface area contributed by atoms with E-state index in [1.165, 1.54) is 80.8 Å². The second-order valence-corrected chi connectivity index (χ2v) is 14.8. The first-order valence-electron chi connectivity index (χ1n) is 17.0. The van der Waals surface area contributed by atoms with E-state index in [1.54, 1.807) is 0 Å². The topological polar surface area (TPSA) is 3.24 Å². The van der Waals surface area contributed by atoms with Gasteiger partial charge in [-0.3, -0.25) is 0 Å². The molecule has 0 fully saturated rings. The maximum Gasteiger partial charge on any atom is 0.0547 e. The van der Waals surface area contributed by atoms with Gasteiger partial charge in [-0.05, 0) is 75.0 Å². The average Bonchev–Trinajstić information content (AvgIpc) is 3.64. The van der Waals surface area contributed by atoms with Gasteiger partial charge in [0.1, 0.15) is 0 Å². The van der Waals surface area contributed by atoms with Crippen molar-refractivity contribution in [2.45, 2.75) is 19.3 Å². The smallest absolute Gasteiger partial charge is 0.0547 e. The van der Waals surface area contributed by atoms with E-state index in [1.807, 2.05) is 11.3 Å². The number of nitrogens with zero attached hydrogens (tertiary/aromatic N) is 1. The van der Waals surface area contributed by atoms with Gasteiger partial charge in [0.05, 0.1) is 11.4 Å². The highest BCUT2D eigenvalue weighted by Gasteiger charge is 2.35. The second-order valence-electron chi connectivity index (χ2n) is 13.7. The lowest BCUT2D eigenvalue weighted by atomic mass is 9.82. The first-order valence-corrected chi connectivity index (χ1v) is 17.8. The number of para-hydroxylation sites is 1. The molecule has 0 spiro atoms. The summed E-state index contributed by atoms with van der Waals surface area (Å²) in [7, 11) is 0. The van der Waals surface area contributed by atoms with Crippen LogP contribution in [0.2, 0.25) is 0 Å². The van der Waals surface area contributed by atoms with Crippen LogP contribution >= 0.6 is 11.3 Å². The largest absolute Gasteiger partial charge is 0.309 e. The summed E-state index contributed by atoms with van der Waals surface area (Å²) in [5, 5.41) is 7.64. The fourth-order valence-corrected chi connectivity index (χ4v) is 9.46. The van der Waals surface area contributed by atoms with E-state index in [0.717, 1.165) is 11.4 Å². The molecule has 1 aromatic heterocycles. The Morgan fingerprint density at radius 3 is 2.00 bits per heavy atom. The van der Waals surface area contributed by atoms with Crippen LogP contribution in [0, 0.1) is 0 Å². The van der Waals surface area contributed by atoms with Crippen molar-refractivity contribution < 1.29 is 0 Å². The molecule has 1 heterocycles. The van der Waals surface area contributed by atoms with Crippen molar-refractivity contribution in [2.75, 3.05) is 4.90 Å². The molecule has 0 amide bonds. The Morgan fingerprint density at radius 1 is 0.449 bits per heavy atom. The van der Waals surface area contributed by atoms with E-state index in [4.69, 9.17) is 0 Å². The van der Waals surface area contributed by atoms with Crippen LogP contribution in [0.3, 0.4) is 0 Å². The molecule has 232 valence electrons. The number of anilines is 3. The van der Waals surface area contributed by atoms with Gasteiger partial charge in [0.25, 0.3) is 0 Å². The van der Waals surface area contributed by atoms with E-state index in [9.17, 15) is 0 Å². The summed E-state index contributed by atoms with van der Waals surface area (Å²) in [6.07, 6.45) is 0. The van der Waals surface area contributed by atoms with Gasteiger partial charge < -0.3 is 4.90 Å². The number of hydrogen-bond acceptors (Lipinski definition) is 2. The molecule has 0 aliphatic heterocycles. The molecule has 1 aliphatic rings. The fourth-order valence-electron chi connectivity index (χ4n) is 8.24. The normalized spacial score (nSPS) is 13.3. The van der Waals surface area contributed by atoms with Crippen LogP contribution in [0.15, 0.2) is 164 Å². The molecule has 10 rings (SSSR count). The number of fused-ring (bicyclic) bond motifs is 9. The third-order valence-corrected chi connectivity index (χ3v) is 11.9. The Morgan fingerprint density at radius 2 is 1.12 bits per heavy atom. The Bertz CT molecular complexity index is 2770. The molecule has 0 radical (unpaired) electrons. The van der Waals surface area contributed by atoms with Crippen LogP contribution in [0.5, 0.6) is 0 Å². The lowest BCUT2D eigenvalue weighted by Gasteiger charge is -2.30. The molecule has 0 saturated carbocycles. The summed E-state index contributed by atoms with van der Waals surface area (Å²) in [4.78, 5) is 2.52. The minimum absolute atomic E-state index is 0.0561. The highest BCUT2D eigenvalue weighted by atomic mass is 32.1. The molecule has 1 aliphatic carbocycles. The van der Waals surface area contributed by atoms with Crippen molar-refractivity contribution in [2.24, 2.45) is 0 Å². The summed E-state index contributed by atoms with van der Waals surface area (Å²) in [6, 6.07) is 60.7. The predicted molar refractivity (Wildman–Crippen MR) is 212 cm³/mol. The number of benzene rings is 8. The van der Waals surface area contributed by atoms with Gasteiger partial charge in [0.15, 0.2) is 0 Å². The summed E-state index contributed by atoms with van der Waals surface area (Å²) in [5.74, 6) is 0. The van der Waals surface area contributed by atoms with Gasteiger partial charge in [0.2, 0.25) is 0 Å². The van der Waals surface area contributed by atoms with Gasteiger partial charge in [0, 0.05) is 47.6 Å². The zero-order chi connectivity index (χ0) is 32.7. The molecule has 9 aromatic rings. The highest BCUT2D eigenvalue weighted by molar-refractivity contribution is 7.26. The Hall–Kier alpha value is -5.70. The fraction of sp³-hybridized carbons (Fsp3) is 0.0638. The Balaban J connectivity index is 1.30. The van der Waals surface area contributed by atoms with Crippen LogP contribution in [-0.2, 0) is 5.41 Å². The molecule has 0 saturated heterocycles. The van der Waals surface area contributed by atoms with E-state index >= 15 is 0 Å². The number of thiophene rings is 1. The maximum absolute atomic E-state index is 2.52. The third-order valence-electron chi connectivity index (χ3n) is 10.6. The molecule has 8 aromatic carbocycles. The first kappa shape index (κ1) is 28.3. The minimum Gasteiger partial charge on any atom is -0.309 e. The van der Waals surface area contributed by atoms with Crippen molar-refractivity contribution in [3.63, 3.8) is 0 Å². The molecule has 0 unspecified atom stereocenters. The lowest BCUT2D eigenvalue weighted by molar-refractivity contribution is 0.660. The van der Waals surface area contributed by atoms with Gasteiger partial charge in [-0.25, -0.2) is 0 Å². The monoisotopic (exact) mass is 643 g/mol. The summed E-state index contributed by atoms with van der Waals surface area (Å²) in [6.45, 7) is 4.71. The van der Waals surface area contributed by atoms with E-state index < -0.39 is 0 Å². The standard InChI is InChI=1S/C47H33NS/c1-47(2)41-20-10-7-16-35(41)39-28-33(25-26-42(39)47)48(43-21-11-8-15-34(43)32-24-23-30-13-3-4-14-31(30)27-32)44-29-40-37-18-9-12-22-45(37)49-46(40)38-19-6-5-17-36(38)44/h3-29H,1-2H3. The van der Waals surface area contributed by atoms with Crippen LogP contribution in [-0.4, -0.2) is 0 Å². The average molecular weight is 644 g/mol.